The van der Waals surface area contributed by atoms with Gasteiger partial charge in [-0.1, -0.05) is 43.2 Å². The van der Waals surface area contributed by atoms with Crippen LogP contribution in [0.1, 0.15) is 75.7 Å². The van der Waals surface area contributed by atoms with Crippen molar-refractivity contribution >= 4 is 5.97 Å². The highest BCUT2D eigenvalue weighted by Gasteiger charge is 2.71. The van der Waals surface area contributed by atoms with Gasteiger partial charge in [0.15, 0.2) is 17.9 Å². The van der Waals surface area contributed by atoms with Crippen LogP contribution in [0.15, 0.2) is 30.3 Å². The lowest BCUT2D eigenvalue weighted by atomic mass is 9.74. The van der Waals surface area contributed by atoms with Gasteiger partial charge in [0.2, 0.25) is 0 Å². The fourth-order valence-electron chi connectivity index (χ4n) is 6.89. The molecule has 0 radical (unpaired) electrons. The molecule has 3 saturated heterocycles. The van der Waals surface area contributed by atoms with Gasteiger partial charge in [0.25, 0.3) is 0 Å². The minimum absolute atomic E-state index is 0.278. The maximum absolute atomic E-state index is 13.3. The first kappa shape index (κ1) is 23.8. The number of benzene rings is 1. The summed E-state index contributed by atoms with van der Waals surface area (Å²) in [6.45, 7) is 0.278. The molecule has 2 spiro atoms. The molecule has 5 aliphatic rings. The van der Waals surface area contributed by atoms with E-state index in [1.807, 2.05) is 30.3 Å². The van der Waals surface area contributed by atoms with Crippen molar-refractivity contribution < 1.29 is 38.3 Å². The van der Waals surface area contributed by atoms with Crippen molar-refractivity contribution in [3.63, 3.8) is 0 Å². The second-order valence-corrected chi connectivity index (χ2v) is 10.7. The van der Waals surface area contributed by atoms with Crippen molar-refractivity contribution in [1.82, 2.24) is 0 Å². The van der Waals surface area contributed by atoms with E-state index in [-0.39, 0.29) is 6.61 Å². The third kappa shape index (κ3) is 3.93. The van der Waals surface area contributed by atoms with Crippen LogP contribution in [-0.2, 0) is 33.2 Å². The van der Waals surface area contributed by atoms with E-state index in [1.165, 1.54) is 7.11 Å². The van der Waals surface area contributed by atoms with Crippen LogP contribution in [0.3, 0.4) is 0 Å². The zero-order chi connectivity index (χ0) is 24.1. The lowest BCUT2D eigenvalue weighted by Crippen LogP contribution is -2.60. The monoisotopic (exact) mass is 488 g/mol. The van der Waals surface area contributed by atoms with Crippen LogP contribution in [0.2, 0.25) is 0 Å². The van der Waals surface area contributed by atoms with Gasteiger partial charge in [0, 0.05) is 25.7 Å². The maximum Gasteiger partial charge on any atom is 0.316 e. The molecule has 3 heterocycles. The smallest absolute Gasteiger partial charge is 0.316 e. The summed E-state index contributed by atoms with van der Waals surface area (Å²) < 4.78 is 37.3. The number of esters is 1. The summed E-state index contributed by atoms with van der Waals surface area (Å²) >= 11 is 0. The van der Waals surface area contributed by atoms with E-state index in [4.69, 9.17) is 28.4 Å². The molecule has 2 saturated carbocycles. The SMILES string of the molecule is COC(=O)C(c1ccccc1)[C@]1(O)[C@@H](C2COC3(CCCCC3)O2)O[C@@H]2OC3(CCCCC3)O[C@@H]21. The molecule has 6 rings (SSSR count). The van der Waals surface area contributed by atoms with Gasteiger partial charge in [-0.3, -0.25) is 4.79 Å². The average Bonchev–Trinajstić information content (AvgIpc) is 3.52. The third-order valence-corrected chi connectivity index (χ3v) is 8.59. The highest BCUT2D eigenvalue weighted by Crippen LogP contribution is 2.55. The number of ether oxygens (including phenoxy) is 6. The Morgan fingerprint density at radius 3 is 2.23 bits per heavy atom. The van der Waals surface area contributed by atoms with Crippen LogP contribution >= 0.6 is 0 Å². The molecule has 0 bridgehead atoms. The van der Waals surface area contributed by atoms with Crippen molar-refractivity contribution in [2.24, 2.45) is 0 Å². The second kappa shape index (κ2) is 9.08. The van der Waals surface area contributed by atoms with Crippen LogP contribution in [0.4, 0.5) is 0 Å². The molecule has 35 heavy (non-hydrogen) atoms. The Hall–Kier alpha value is -1.55. The molecule has 1 N–H and O–H groups in total. The maximum atomic E-state index is 13.3. The van der Waals surface area contributed by atoms with Crippen molar-refractivity contribution in [1.29, 1.82) is 0 Å². The van der Waals surface area contributed by atoms with E-state index < -0.39 is 53.7 Å². The zero-order valence-electron chi connectivity index (χ0n) is 20.4. The van der Waals surface area contributed by atoms with E-state index in [9.17, 15) is 9.90 Å². The van der Waals surface area contributed by atoms with Crippen LogP contribution < -0.4 is 0 Å². The summed E-state index contributed by atoms with van der Waals surface area (Å²) in [4.78, 5) is 13.3. The second-order valence-electron chi connectivity index (χ2n) is 10.7. The van der Waals surface area contributed by atoms with Crippen molar-refractivity contribution in [2.45, 2.75) is 112 Å². The van der Waals surface area contributed by atoms with Crippen molar-refractivity contribution in [3.05, 3.63) is 35.9 Å². The van der Waals surface area contributed by atoms with Gasteiger partial charge < -0.3 is 33.5 Å². The van der Waals surface area contributed by atoms with E-state index in [2.05, 4.69) is 0 Å². The third-order valence-electron chi connectivity index (χ3n) is 8.59. The number of aliphatic hydroxyl groups is 1. The van der Waals surface area contributed by atoms with E-state index >= 15 is 0 Å². The molecule has 2 aliphatic carbocycles. The highest BCUT2D eigenvalue weighted by atomic mass is 16.8. The number of fused-ring (bicyclic) bond motifs is 1. The average molecular weight is 489 g/mol. The van der Waals surface area contributed by atoms with Gasteiger partial charge in [-0.05, 0) is 31.2 Å². The van der Waals surface area contributed by atoms with E-state index in [1.54, 1.807) is 0 Å². The molecular weight excluding hydrogens is 452 g/mol. The lowest BCUT2D eigenvalue weighted by Gasteiger charge is -2.42. The molecule has 8 heteroatoms. The summed E-state index contributed by atoms with van der Waals surface area (Å²) in [5, 5.41) is 12.6. The first-order valence-corrected chi connectivity index (χ1v) is 13.2. The van der Waals surface area contributed by atoms with Gasteiger partial charge in [-0.15, -0.1) is 0 Å². The first-order chi connectivity index (χ1) is 17.0. The minimum Gasteiger partial charge on any atom is -0.468 e. The Morgan fingerprint density at radius 1 is 0.914 bits per heavy atom. The molecule has 5 fully saturated rings. The molecule has 6 atom stereocenters. The Kier molecular flexibility index (Phi) is 6.18. The fourth-order valence-corrected chi connectivity index (χ4v) is 6.89. The predicted molar refractivity (Wildman–Crippen MR) is 123 cm³/mol. The van der Waals surface area contributed by atoms with E-state index in [0.717, 1.165) is 64.2 Å². The molecule has 1 aromatic carbocycles. The molecule has 192 valence electrons. The number of carbonyl (C=O) groups is 1. The molecule has 8 nitrogen and oxygen atoms in total. The summed E-state index contributed by atoms with van der Waals surface area (Å²) in [5.41, 5.74) is -1.13. The van der Waals surface area contributed by atoms with Crippen LogP contribution in [0.5, 0.6) is 0 Å². The Balaban J connectivity index is 1.38. The van der Waals surface area contributed by atoms with Crippen LogP contribution in [-0.4, -0.2) is 66.6 Å². The topological polar surface area (TPSA) is 92.7 Å². The molecule has 0 amide bonds. The Morgan fingerprint density at radius 2 is 1.57 bits per heavy atom. The van der Waals surface area contributed by atoms with Gasteiger partial charge >= 0.3 is 5.97 Å². The predicted octanol–water partition coefficient (Wildman–Crippen LogP) is 3.55. The molecular formula is C27H36O8. The number of methoxy groups -OCH3 is 1. The fraction of sp³-hybridized carbons (Fsp3) is 0.741. The lowest BCUT2D eigenvalue weighted by molar-refractivity contribution is -0.275. The summed E-state index contributed by atoms with van der Waals surface area (Å²) in [6.07, 6.45) is 6.35. The van der Waals surface area contributed by atoms with Gasteiger partial charge in [-0.2, -0.15) is 0 Å². The standard InChI is InChI=1S/C27H36O8/c1-30-23(28)20(18-11-5-2-6-12-18)27(29)21(19-17-31-25(33-19)13-7-3-8-14-25)32-24-22(27)34-26(35-24)15-9-4-10-16-26/h2,5-6,11-12,19-22,24,29H,3-4,7-10,13-17H2,1H3/t19?,20?,21-,22+,24-,27+/m1/s1. The molecule has 1 aromatic rings. The molecule has 0 aromatic heterocycles. The number of rotatable bonds is 4. The van der Waals surface area contributed by atoms with Crippen LogP contribution in [0, 0.1) is 0 Å². The summed E-state index contributed by atoms with van der Waals surface area (Å²) in [7, 11) is 1.34. The molecule has 3 aliphatic heterocycles. The minimum atomic E-state index is -1.77. The largest absolute Gasteiger partial charge is 0.468 e. The number of hydrogen-bond donors (Lipinski definition) is 1. The quantitative estimate of drug-likeness (QED) is 0.644. The first-order valence-electron chi connectivity index (χ1n) is 13.2. The normalized spacial score (nSPS) is 38.5. The van der Waals surface area contributed by atoms with E-state index in [0.29, 0.717) is 5.56 Å². The Bertz CT molecular complexity index is 909. The van der Waals surface area contributed by atoms with Gasteiger partial charge in [-0.25, -0.2) is 0 Å². The van der Waals surface area contributed by atoms with Gasteiger partial charge in [0.1, 0.15) is 29.8 Å². The summed E-state index contributed by atoms with van der Waals surface area (Å²) in [6, 6.07) is 9.21. The van der Waals surface area contributed by atoms with Crippen LogP contribution in [0.25, 0.3) is 0 Å². The highest BCUT2D eigenvalue weighted by molar-refractivity contribution is 5.80. The molecule has 2 unspecified atom stereocenters. The van der Waals surface area contributed by atoms with Gasteiger partial charge in [0.05, 0.1) is 13.7 Å². The number of hydrogen-bond acceptors (Lipinski definition) is 8. The van der Waals surface area contributed by atoms with Crippen molar-refractivity contribution in [2.75, 3.05) is 13.7 Å². The Labute approximate surface area is 206 Å². The zero-order valence-corrected chi connectivity index (χ0v) is 20.4. The number of carbonyl (C=O) groups excluding carboxylic acids is 1. The summed E-state index contributed by atoms with van der Waals surface area (Å²) in [5.74, 6) is -3.03. The van der Waals surface area contributed by atoms with Crippen molar-refractivity contribution in [3.8, 4) is 0 Å².